The monoisotopic (exact) mass is 236 g/mol. The van der Waals surface area contributed by atoms with Crippen molar-refractivity contribution in [2.24, 2.45) is 5.92 Å². The summed E-state index contributed by atoms with van der Waals surface area (Å²) in [6, 6.07) is 4.03. The molecule has 1 aliphatic heterocycles. The predicted molar refractivity (Wildman–Crippen MR) is 69.8 cm³/mol. The highest BCUT2D eigenvalue weighted by atomic mass is 16.3. The molecule has 1 N–H and O–H groups in total. The quantitative estimate of drug-likeness (QED) is 0.870. The predicted octanol–water partition coefficient (Wildman–Crippen LogP) is 2.49. The Hall–Kier alpha value is -0.800. The first-order valence-electron chi connectivity index (χ1n) is 6.54. The molecule has 2 rings (SSSR count). The molecule has 2 heterocycles. The van der Waals surface area contributed by atoms with Crippen LogP contribution in [0, 0.1) is 5.92 Å². The van der Waals surface area contributed by atoms with Gasteiger partial charge in [0.05, 0.1) is 12.8 Å². The average Bonchev–Trinajstić information content (AvgIpc) is 2.74. The molecule has 0 saturated carbocycles. The van der Waals surface area contributed by atoms with Gasteiger partial charge in [0.25, 0.3) is 0 Å². The maximum absolute atomic E-state index is 5.45. The van der Waals surface area contributed by atoms with Gasteiger partial charge in [-0.1, -0.05) is 0 Å². The molecular weight excluding hydrogens is 212 g/mol. The molecule has 1 atom stereocenters. The number of hydrogen-bond acceptors (Lipinski definition) is 3. The van der Waals surface area contributed by atoms with Crippen LogP contribution in [0.1, 0.15) is 32.4 Å². The zero-order valence-corrected chi connectivity index (χ0v) is 11.2. The van der Waals surface area contributed by atoms with Crippen molar-refractivity contribution in [2.45, 2.75) is 38.8 Å². The van der Waals surface area contributed by atoms with Crippen LogP contribution in [-0.4, -0.2) is 30.6 Å². The molecule has 3 nitrogen and oxygen atoms in total. The van der Waals surface area contributed by atoms with Crippen LogP contribution in [0.15, 0.2) is 22.8 Å². The number of nitrogens with zero attached hydrogens (tertiary/aromatic N) is 1. The Morgan fingerprint density at radius 2 is 2.35 bits per heavy atom. The van der Waals surface area contributed by atoms with E-state index in [1.807, 2.05) is 13.1 Å². The number of rotatable bonds is 4. The Kier molecular flexibility index (Phi) is 3.89. The molecule has 0 bridgehead atoms. The molecule has 0 aromatic carbocycles. The third-order valence-electron chi connectivity index (χ3n) is 3.87. The molecule has 3 heteroatoms. The molecule has 1 unspecified atom stereocenters. The van der Waals surface area contributed by atoms with Gasteiger partial charge in [0, 0.05) is 5.54 Å². The maximum Gasteiger partial charge on any atom is 0.117 e. The van der Waals surface area contributed by atoms with Crippen LogP contribution in [0.5, 0.6) is 0 Å². The second-order valence-corrected chi connectivity index (χ2v) is 5.73. The standard InChI is InChI=1S/C14H24N2O/c1-14(2)9-12(10-15-3)6-7-16(14)11-13-5-4-8-17-13/h4-5,8,12,15H,6-7,9-11H2,1-3H3. The van der Waals surface area contributed by atoms with Crippen LogP contribution in [0.3, 0.4) is 0 Å². The molecule has 96 valence electrons. The first kappa shape index (κ1) is 12.7. The van der Waals surface area contributed by atoms with Crippen LogP contribution in [0.4, 0.5) is 0 Å². The van der Waals surface area contributed by atoms with Crippen molar-refractivity contribution in [1.29, 1.82) is 0 Å². The van der Waals surface area contributed by atoms with Gasteiger partial charge in [-0.3, -0.25) is 4.90 Å². The van der Waals surface area contributed by atoms with Gasteiger partial charge < -0.3 is 9.73 Å². The summed E-state index contributed by atoms with van der Waals surface area (Å²) in [5.41, 5.74) is 0.270. The van der Waals surface area contributed by atoms with Gasteiger partial charge in [-0.15, -0.1) is 0 Å². The molecule has 1 aromatic rings. The molecule has 17 heavy (non-hydrogen) atoms. The Labute approximate surface area is 104 Å². The SMILES string of the molecule is CNCC1CCN(Cc2ccco2)C(C)(C)C1. The van der Waals surface area contributed by atoms with Crippen molar-refractivity contribution >= 4 is 0 Å². The Balaban J connectivity index is 1.96. The molecule has 1 aromatic heterocycles. The minimum absolute atomic E-state index is 0.270. The highest BCUT2D eigenvalue weighted by Crippen LogP contribution is 2.32. The number of nitrogens with one attached hydrogen (secondary N) is 1. The number of piperidine rings is 1. The van der Waals surface area contributed by atoms with Crippen LogP contribution in [-0.2, 0) is 6.54 Å². The normalized spacial score (nSPS) is 25.0. The van der Waals surface area contributed by atoms with Crippen LogP contribution in [0.2, 0.25) is 0 Å². The molecule has 0 amide bonds. The topological polar surface area (TPSA) is 28.4 Å². The summed E-state index contributed by atoms with van der Waals surface area (Å²) >= 11 is 0. The number of hydrogen-bond donors (Lipinski definition) is 1. The van der Waals surface area contributed by atoms with Crippen molar-refractivity contribution < 1.29 is 4.42 Å². The number of likely N-dealkylation sites (tertiary alicyclic amines) is 1. The van der Waals surface area contributed by atoms with Gasteiger partial charge in [-0.25, -0.2) is 0 Å². The maximum atomic E-state index is 5.45. The number of furan rings is 1. The molecular formula is C14H24N2O. The smallest absolute Gasteiger partial charge is 0.117 e. The van der Waals surface area contributed by atoms with Gasteiger partial charge in [0.2, 0.25) is 0 Å². The second kappa shape index (κ2) is 5.23. The summed E-state index contributed by atoms with van der Waals surface area (Å²) < 4.78 is 5.45. The zero-order valence-electron chi connectivity index (χ0n) is 11.2. The summed E-state index contributed by atoms with van der Waals surface area (Å²) in [6.07, 6.45) is 4.30. The third kappa shape index (κ3) is 3.11. The van der Waals surface area contributed by atoms with Crippen LogP contribution < -0.4 is 5.32 Å². The fraction of sp³-hybridized carbons (Fsp3) is 0.714. The Morgan fingerprint density at radius 3 is 2.94 bits per heavy atom. The highest BCUT2D eigenvalue weighted by Gasteiger charge is 2.34. The van der Waals surface area contributed by atoms with Gasteiger partial charge in [0.15, 0.2) is 0 Å². The molecule has 0 spiro atoms. The van der Waals surface area contributed by atoms with E-state index in [2.05, 4.69) is 30.1 Å². The molecule has 0 aliphatic carbocycles. The second-order valence-electron chi connectivity index (χ2n) is 5.73. The molecule has 0 radical (unpaired) electrons. The summed E-state index contributed by atoms with van der Waals surface area (Å²) in [7, 11) is 2.04. The van der Waals surface area contributed by atoms with Gasteiger partial charge >= 0.3 is 0 Å². The van der Waals surface area contributed by atoms with Gasteiger partial charge in [0.1, 0.15) is 5.76 Å². The largest absolute Gasteiger partial charge is 0.468 e. The van der Waals surface area contributed by atoms with E-state index in [1.54, 1.807) is 6.26 Å². The van der Waals surface area contributed by atoms with Gasteiger partial charge in [-0.05, 0) is 64.9 Å². The first-order valence-corrected chi connectivity index (χ1v) is 6.54. The summed E-state index contributed by atoms with van der Waals surface area (Å²) in [4.78, 5) is 2.54. The van der Waals surface area contributed by atoms with E-state index in [-0.39, 0.29) is 5.54 Å². The van der Waals surface area contributed by atoms with Crippen LogP contribution >= 0.6 is 0 Å². The molecule has 1 aliphatic rings. The summed E-state index contributed by atoms with van der Waals surface area (Å²) in [6.45, 7) is 7.93. The first-order chi connectivity index (χ1) is 8.12. The van der Waals surface area contributed by atoms with Crippen LogP contribution in [0.25, 0.3) is 0 Å². The van der Waals surface area contributed by atoms with E-state index in [0.29, 0.717) is 0 Å². The lowest BCUT2D eigenvalue weighted by molar-refractivity contribution is 0.0346. The minimum Gasteiger partial charge on any atom is -0.468 e. The minimum atomic E-state index is 0.270. The van der Waals surface area contributed by atoms with Crippen molar-refractivity contribution in [3.63, 3.8) is 0 Å². The fourth-order valence-corrected chi connectivity index (χ4v) is 2.93. The van der Waals surface area contributed by atoms with E-state index < -0.39 is 0 Å². The Bertz CT molecular complexity index is 332. The third-order valence-corrected chi connectivity index (χ3v) is 3.87. The van der Waals surface area contributed by atoms with Crippen molar-refractivity contribution in [3.8, 4) is 0 Å². The fourth-order valence-electron chi connectivity index (χ4n) is 2.93. The average molecular weight is 236 g/mol. The summed E-state index contributed by atoms with van der Waals surface area (Å²) in [5, 5.41) is 3.30. The lowest BCUT2D eigenvalue weighted by atomic mass is 9.82. The highest BCUT2D eigenvalue weighted by molar-refractivity contribution is 5.00. The Morgan fingerprint density at radius 1 is 1.53 bits per heavy atom. The van der Waals surface area contributed by atoms with Crippen molar-refractivity contribution in [1.82, 2.24) is 10.2 Å². The van der Waals surface area contributed by atoms with E-state index in [1.165, 1.54) is 19.4 Å². The van der Waals surface area contributed by atoms with E-state index in [0.717, 1.165) is 24.8 Å². The van der Waals surface area contributed by atoms with E-state index in [9.17, 15) is 0 Å². The lowest BCUT2D eigenvalue weighted by Gasteiger charge is -2.45. The van der Waals surface area contributed by atoms with E-state index in [4.69, 9.17) is 4.42 Å². The zero-order chi connectivity index (χ0) is 12.3. The summed E-state index contributed by atoms with van der Waals surface area (Å²) in [5.74, 6) is 1.88. The molecule has 1 saturated heterocycles. The van der Waals surface area contributed by atoms with E-state index >= 15 is 0 Å². The van der Waals surface area contributed by atoms with Gasteiger partial charge in [-0.2, -0.15) is 0 Å². The lowest BCUT2D eigenvalue weighted by Crippen LogP contribution is -2.50. The van der Waals surface area contributed by atoms with Crippen molar-refractivity contribution in [2.75, 3.05) is 20.1 Å². The van der Waals surface area contributed by atoms with Crippen molar-refractivity contribution in [3.05, 3.63) is 24.2 Å². The molecule has 1 fully saturated rings.